The molecular formula is C14H14O3. The summed E-state index contributed by atoms with van der Waals surface area (Å²) in [6, 6.07) is 11.7. The largest absolute Gasteiger partial charge is 0.427 e. The molecule has 0 atom stereocenters. The Balaban J connectivity index is 2.39. The highest BCUT2D eigenvalue weighted by molar-refractivity contribution is 5.85. The van der Waals surface area contributed by atoms with Gasteiger partial charge in [0, 0.05) is 14.0 Å². The van der Waals surface area contributed by atoms with Crippen molar-refractivity contribution in [2.75, 3.05) is 7.11 Å². The summed E-state index contributed by atoms with van der Waals surface area (Å²) in [6.07, 6.45) is 0. The molecule has 0 amide bonds. The van der Waals surface area contributed by atoms with E-state index in [0.717, 1.165) is 16.3 Å². The average Bonchev–Trinajstić information content (AvgIpc) is 2.28. The smallest absolute Gasteiger partial charge is 0.308 e. The number of rotatable bonds is 3. The monoisotopic (exact) mass is 230 g/mol. The van der Waals surface area contributed by atoms with Crippen LogP contribution in [-0.4, -0.2) is 13.1 Å². The van der Waals surface area contributed by atoms with Crippen LogP contribution in [0.2, 0.25) is 0 Å². The summed E-state index contributed by atoms with van der Waals surface area (Å²) in [6.45, 7) is 1.97. The molecule has 2 aromatic carbocycles. The third kappa shape index (κ3) is 2.82. The summed E-state index contributed by atoms with van der Waals surface area (Å²) in [7, 11) is 1.67. The molecule has 0 spiro atoms. The van der Waals surface area contributed by atoms with E-state index in [2.05, 4.69) is 0 Å². The van der Waals surface area contributed by atoms with Gasteiger partial charge in [-0.25, -0.2) is 0 Å². The first kappa shape index (κ1) is 11.6. The molecule has 0 saturated carbocycles. The van der Waals surface area contributed by atoms with Crippen LogP contribution in [0.25, 0.3) is 10.8 Å². The van der Waals surface area contributed by atoms with Gasteiger partial charge in [0.2, 0.25) is 0 Å². The molecule has 0 aliphatic carbocycles. The van der Waals surface area contributed by atoms with Crippen LogP contribution in [-0.2, 0) is 16.1 Å². The van der Waals surface area contributed by atoms with Gasteiger partial charge in [-0.3, -0.25) is 4.79 Å². The van der Waals surface area contributed by atoms with Crippen LogP contribution >= 0.6 is 0 Å². The maximum absolute atomic E-state index is 10.9. The van der Waals surface area contributed by atoms with Gasteiger partial charge in [0.1, 0.15) is 5.75 Å². The molecule has 3 heteroatoms. The molecule has 0 aliphatic rings. The second kappa shape index (κ2) is 4.97. The zero-order valence-electron chi connectivity index (χ0n) is 9.90. The molecule has 0 N–H and O–H groups in total. The van der Waals surface area contributed by atoms with Crippen molar-refractivity contribution >= 4 is 16.7 Å². The van der Waals surface area contributed by atoms with Crippen LogP contribution in [0.4, 0.5) is 0 Å². The van der Waals surface area contributed by atoms with Crippen LogP contribution in [0.1, 0.15) is 12.5 Å². The minimum atomic E-state index is -0.308. The van der Waals surface area contributed by atoms with Crippen LogP contribution in [0.5, 0.6) is 5.75 Å². The third-order valence-corrected chi connectivity index (χ3v) is 2.45. The van der Waals surface area contributed by atoms with Gasteiger partial charge >= 0.3 is 5.97 Å². The number of hydrogen-bond donors (Lipinski definition) is 0. The highest BCUT2D eigenvalue weighted by atomic mass is 16.5. The van der Waals surface area contributed by atoms with E-state index in [9.17, 15) is 4.79 Å². The van der Waals surface area contributed by atoms with Crippen molar-refractivity contribution in [1.82, 2.24) is 0 Å². The van der Waals surface area contributed by atoms with Crippen molar-refractivity contribution < 1.29 is 14.3 Å². The predicted octanol–water partition coefficient (Wildman–Crippen LogP) is 2.91. The van der Waals surface area contributed by atoms with Crippen LogP contribution < -0.4 is 4.74 Å². The molecule has 3 nitrogen and oxygen atoms in total. The molecule has 0 aliphatic heterocycles. The average molecular weight is 230 g/mol. The Morgan fingerprint density at radius 1 is 1.12 bits per heavy atom. The molecule has 2 rings (SSSR count). The molecule has 2 aromatic rings. The van der Waals surface area contributed by atoms with E-state index in [0.29, 0.717) is 12.4 Å². The van der Waals surface area contributed by atoms with Gasteiger partial charge in [0.05, 0.1) is 6.61 Å². The Morgan fingerprint density at radius 2 is 1.88 bits per heavy atom. The lowest BCUT2D eigenvalue weighted by Gasteiger charge is -2.05. The standard InChI is InChI=1S/C14H14O3/c1-10(15)17-14-6-5-12-4-3-11(9-16-2)7-13(12)8-14/h3-8H,9H2,1-2H3. The normalized spacial score (nSPS) is 10.5. The number of carbonyl (C=O) groups is 1. The van der Waals surface area contributed by atoms with Gasteiger partial charge in [0.25, 0.3) is 0 Å². The molecule has 88 valence electrons. The second-order valence-electron chi connectivity index (χ2n) is 3.87. The number of ether oxygens (including phenoxy) is 2. The fraction of sp³-hybridized carbons (Fsp3) is 0.214. The summed E-state index contributed by atoms with van der Waals surface area (Å²) >= 11 is 0. The fourth-order valence-corrected chi connectivity index (χ4v) is 1.76. The van der Waals surface area contributed by atoms with E-state index < -0.39 is 0 Å². The lowest BCUT2D eigenvalue weighted by Crippen LogP contribution is -2.00. The first-order valence-corrected chi connectivity index (χ1v) is 5.39. The molecular weight excluding hydrogens is 216 g/mol. The zero-order valence-corrected chi connectivity index (χ0v) is 9.90. The first-order chi connectivity index (χ1) is 8.19. The molecule has 0 heterocycles. The highest BCUT2D eigenvalue weighted by Crippen LogP contribution is 2.22. The molecule has 17 heavy (non-hydrogen) atoms. The molecule has 0 aromatic heterocycles. The van der Waals surface area contributed by atoms with Gasteiger partial charge in [-0.15, -0.1) is 0 Å². The van der Waals surface area contributed by atoms with Crippen LogP contribution in [0, 0.1) is 0 Å². The van der Waals surface area contributed by atoms with E-state index in [-0.39, 0.29) is 5.97 Å². The number of benzene rings is 2. The van der Waals surface area contributed by atoms with Gasteiger partial charge in [-0.05, 0) is 34.5 Å². The van der Waals surface area contributed by atoms with E-state index in [1.54, 1.807) is 13.2 Å². The minimum Gasteiger partial charge on any atom is -0.427 e. The zero-order chi connectivity index (χ0) is 12.3. The minimum absolute atomic E-state index is 0.308. The van der Waals surface area contributed by atoms with Gasteiger partial charge in [-0.1, -0.05) is 18.2 Å². The Kier molecular flexibility index (Phi) is 3.40. The topological polar surface area (TPSA) is 35.5 Å². The SMILES string of the molecule is COCc1ccc2ccc(OC(C)=O)cc2c1. The Labute approximate surface area is 100.0 Å². The van der Waals surface area contributed by atoms with Gasteiger partial charge in [-0.2, -0.15) is 0 Å². The van der Waals surface area contributed by atoms with Crippen molar-refractivity contribution in [1.29, 1.82) is 0 Å². The van der Waals surface area contributed by atoms with Crippen molar-refractivity contribution in [3.05, 3.63) is 42.0 Å². The molecule has 0 fully saturated rings. The summed E-state index contributed by atoms with van der Waals surface area (Å²) in [5.74, 6) is 0.261. The van der Waals surface area contributed by atoms with E-state index in [1.165, 1.54) is 6.92 Å². The quantitative estimate of drug-likeness (QED) is 0.600. The number of methoxy groups -OCH3 is 1. The number of carbonyl (C=O) groups excluding carboxylic acids is 1. The van der Waals surface area contributed by atoms with Crippen LogP contribution in [0.3, 0.4) is 0 Å². The Hall–Kier alpha value is -1.87. The molecule has 0 unspecified atom stereocenters. The number of fused-ring (bicyclic) bond motifs is 1. The van der Waals surface area contributed by atoms with Crippen molar-refractivity contribution in [2.24, 2.45) is 0 Å². The molecule has 0 radical (unpaired) electrons. The predicted molar refractivity (Wildman–Crippen MR) is 66.0 cm³/mol. The number of esters is 1. The third-order valence-electron chi connectivity index (χ3n) is 2.45. The summed E-state index contributed by atoms with van der Waals surface area (Å²) in [5.41, 5.74) is 1.10. The first-order valence-electron chi connectivity index (χ1n) is 5.39. The maximum Gasteiger partial charge on any atom is 0.308 e. The Bertz CT molecular complexity index is 546. The second-order valence-corrected chi connectivity index (χ2v) is 3.87. The van der Waals surface area contributed by atoms with E-state index in [1.807, 2.05) is 30.3 Å². The fourth-order valence-electron chi connectivity index (χ4n) is 1.76. The van der Waals surface area contributed by atoms with Gasteiger partial charge in [0.15, 0.2) is 0 Å². The van der Waals surface area contributed by atoms with E-state index >= 15 is 0 Å². The van der Waals surface area contributed by atoms with E-state index in [4.69, 9.17) is 9.47 Å². The Morgan fingerprint density at radius 3 is 2.59 bits per heavy atom. The maximum atomic E-state index is 10.9. The number of hydrogen-bond acceptors (Lipinski definition) is 3. The van der Waals surface area contributed by atoms with Crippen LogP contribution in [0.15, 0.2) is 36.4 Å². The van der Waals surface area contributed by atoms with Crippen molar-refractivity contribution in [3.8, 4) is 5.75 Å². The summed E-state index contributed by atoms with van der Waals surface area (Å²) < 4.78 is 10.1. The van der Waals surface area contributed by atoms with Gasteiger partial charge < -0.3 is 9.47 Å². The molecule has 0 bridgehead atoms. The summed E-state index contributed by atoms with van der Waals surface area (Å²) in [4.78, 5) is 10.9. The lowest BCUT2D eigenvalue weighted by atomic mass is 10.1. The van der Waals surface area contributed by atoms with Crippen molar-refractivity contribution in [2.45, 2.75) is 13.5 Å². The lowest BCUT2D eigenvalue weighted by molar-refractivity contribution is -0.131. The highest BCUT2D eigenvalue weighted by Gasteiger charge is 2.01. The van der Waals surface area contributed by atoms with Crippen molar-refractivity contribution in [3.63, 3.8) is 0 Å². The summed E-state index contributed by atoms with van der Waals surface area (Å²) in [5, 5.41) is 2.15. The molecule has 0 saturated heterocycles.